The molecule has 1 saturated carbocycles. The van der Waals surface area contributed by atoms with Crippen LogP contribution in [0.5, 0.6) is 0 Å². The zero-order valence-corrected chi connectivity index (χ0v) is 14.9. The van der Waals surface area contributed by atoms with Gasteiger partial charge in [0.25, 0.3) is 0 Å². The highest BCUT2D eigenvalue weighted by molar-refractivity contribution is 6.07. The molecule has 25 heavy (non-hydrogen) atoms. The molecule has 1 N–H and O–H groups in total. The van der Waals surface area contributed by atoms with Gasteiger partial charge in [-0.2, -0.15) is 0 Å². The van der Waals surface area contributed by atoms with Gasteiger partial charge in [-0.05, 0) is 18.4 Å². The smallest absolute Gasteiger partial charge is 0.238 e. The first-order valence-electron chi connectivity index (χ1n) is 9.00. The maximum atomic E-state index is 12.8. The van der Waals surface area contributed by atoms with Crippen molar-refractivity contribution < 1.29 is 14.3 Å². The molecule has 2 amide bonds. The van der Waals surface area contributed by atoms with Crippen molar-refractivity contribution in [2.75, 3.05) is 46.4 Å². The molecule has 6 nitrogen and oxygen atoms in total. The second-order valence-corrected chi connectivity index (χ2v) is 6.94. The van der Waals surface area contributed by atoms with Crippen LogP contribution in [-0.2, 0) is 20.9 Å². The van der Waals surface area contributed by atoms with Crippen LogP contribution >= 0.6 is 0 Å². The van der Waals surface area contributed by atoms with Crippen molar-refractivity contribution in [1.29, 1.82) is 0 Å². The Bertz CT molecular complexity index is 595. The minimum atomic E-state index is -0.839. The van der Waals surface area contributed by atoms with E-state index in [0.29, 0.717) is 25.9 Å². The molecule has 1 aromatic rings. The fraction of sp³-hybridized carbons (Fsp3) is 0.579. The molecule has 0 spiro atoms. The van der Waals surface area contributed by atoms with Gasteiger partial charge in [0, 0.05) is 39.8 Å². The van der Waals surface area contributed by atoms with Crippen LogP contribution in [0.3, 0.4) is 0 Å². The minimum absolute atomic E-state index is 0.0692. The first-order chi connectivity index (χ1) is 12.1. The van der Waals surface area contributed by atoms with Crippen LogP contribution in [0.2, 0.25) is 0 Å². The van der Waals surface area contributed by atoms with Gasteiger partial charge >= 0.3 is 0 Å². The molecule has 3 rings (SSSR count). The van der Waals surface area contributed by atoms with Crippen molar-refractivity contribution in [3.63, 3.8) is 0 Å². The molecule has 0 radical (unpaired) electrons. The predicted octanol–water partition coefficient (Wildman–Crippen LogP) is 0.874. The van der Waals surface area contributed by atoms with E-state index in [0.717, 1.165) is 38.4 Å². The summed E-state index contributed by atoms with van der Waals surface area (Å²) in [4.78, 5) is 29.3. The molecule has 0 aromatic heterocycles. The van der Waals surface area contributed by atoms with Gasteiger partial charge in [-0.25, -0.2) is 0 Å². The maximum absolute atomic E-state index is 12.8. The van der Waals surface area contributed by atoms with Crippen LogP contribution < -0.4 is 5.32 Å². The molecule has 0 atom stereocenters. The van der Waals surface area contributed by atoms with Gasteiger partial charge in [-0.3, -0.25) is 14.5 Å². The van der Waals surface area contributed by atoms with Gasteiger partial charge in [0.1, 0.15) is 5.41 Å². The van der Waals surface area contributed by atoms with Crippen molar-refractivity contribution in [2.45, 2.75) is 19.4 Å². The normalized spacial score (nSPS) is 19.2. The van der Waals surface area contributed by atoms with Crippen LogP contribution in [0, 0.1) is 5.41 Å². The van der Waals surface area contributed by atoms with E-state index in [9.17, 15) is 9.59 Å². The number of hydrogen-bond donors (Lipinski definition) is 1. The van der Waals surface area contributed by atoms with E-state index >= 15 is 0 Å². The third-order valence-corrected chi connectivity index (χ3v) is 5.02. The molecule has 2 fully saturated rings. The molecule has 1 aromatic carbocycles. The van der Waals surface area contributed by atoms with E-state index in [4.69, 9.17) is 4.74 Å². The van der Waals surface area contributed by atoms with E-state index in [1.165, 1.54) is 0 Å². The standard InChI is InChI=1S/C19H27N3O3/c1-21(15-16-5-3-2-4-6-16)18(24)19(7-8-19)17(23)20-9-10-22-11-13-25-14-12-22/h2-6H,7-15H2,1H3,(H,20,23). The summed E-state index contributed by atoms with van der Waals surface area (Å²) in [5, 5.41) is 2.96. The van der Waals surface area contributed by atoms with Gasteiger partial charge in [0.2, 0.25) is 11.8 Å². The highest BCUT2D eigenvalue weighted by atomic mass is 16.5. The Morgan fingerprint density at radius 1 is 1.20 bits per heavy atom. The summed E-state index contributed by atoms with van der Waals surface area (Å²) in [7, 11) is 1.77. The van der Waals surface area contributed by atoms with Gasteiger partial charge in [0.15, 0.2) is 0 Å². The van der Waals surface area contributed by atoms with Crippen molar-refractivity contribution >= 4 is 11.8 Å². The molecule has 6 heteroatoms. The van der Waals surface area contributed by atoms with Crippen LogP contribution in [0.15, 0.2) is 30.3 Å². The summed E-state index contributed by atoms with van der Waals surface area (Å²) in [6, 6.07) is 9.85. The Morgan fingerprint density at radius 2 is 1.88 bits per heavy atom. The SMILES string of the molecule is CN(Cc1ccccc1)C(=O)C1(C(=O)NCCN2CCOCC2)CC1. The fourth-order valence-corrected chi connectivity index (χ4v) is 3.28. The average Bonchev–Trinajstić information content (AvgIpc) is 3.45. The highest BCUT2D eigenvalue weighted by Gasteiger charge is 2.57. The summed E-state index contributed by atoms with van der Waals surface area (Å²) >= 11 is 0. The molecule has 1 saturated heterocycles. The predicted molar refractivity (Wildman–Crippen MR) is 94.9 cm³/mol. The summed E-state index contributed by atoms with van der Waals surface area (Å²) in [6.45, 7) is 5.22. The second-order valence-electron chi connectivity index (χ2n) is 6.94. The van der Waals surface area contributed by atoms with E-state index in [1.807, 2.05) is 30.3 Å². The molecule has 0 unspecified atom stereocenters. The number of nitrogens with zero attached hydrogens (tertiary/aromatic N) is 2. The Labute approximate surface area is 149 Å². The van der Waals surface area contributed by atoms with Gasteiger partial charge in [-0.15, -0.1) is 0 Å². The van der Waals surface area contributed by atoms with Crippen LogP contribution in [0.4, 0.5) is 0 Å². The van der Waals surface area contributed by atoms with E-state index in [1.54, 1.807) is 11.9 Å². The molecule has 1 aliphatic carbocycles. The zero-order chi connectivity index (χ0) is 17.7. The molecule has 1 aliphatic heterocycles. The first-order valence-corrected chi connectivity index (χ1v) is 9.00. The Balaban J connectivity index is 1.48. The van der Waals surface area contributed by atoms with Crippen molar-refractivity contribution in [3.05, 3.63) is 35.9 Å². The number of benzene rings is 1. The lowest BCUT2D eigenvalue weighted by atomic mass is 10.0. The number of ether oxygens (including phenoxy) is 1. The molecule has 136 valence electrons. The second kappa shape index (κ2) is 7.97. The lowest BCUT2D eigenvalue weighted by Gasteiger charge is -2.27. The van der Waals surface area contributed by atoms with E-state index < -0.39 is 5.41 Å². The van der Waals surface area contributed by atoms with Crippen molar-refractivity contribution in [2.24, 2.45) is 5.41 Å². The number of amides is 2. The number of nitrogens with one attached hydrogen (secondary N) is 1. The van der Waals surface area contributed by atoms with E-state index in [2.05, 4.69) is 10.2 Å². The lowest BCUT2D eigenvalue weighted by molar-refractivity contribution is -0.143. The maximum Gasteiger partial charge on any atom is 0.238 e. The van der Waals surface area contributed by atoms with Crippen LogP contribution in [-0.4, -0.2) is 68.1 Å². The monoisotopic (exact) mass is 345 g/mol. The lowest BCUT2D eigenvalue weighted by Crippen LogP contribution is -2.46. The third-order valence-electron chi connectivity index (χ3n) is 5.02. The largest absolute Gasteiger partial charge is 0.379 e. The van der Waals surface area contributed by atoms with Gasteiger partial charge in [0.05, 0.1) is 13.2 Å². The first kappa shape index (κ1) is 17.9. The number of hydrogen-bond acceptors (Lipinski definition) is 4. The summed E-state index contributed by atoms with van der Waals surface area (Å²) in [5.74, 6) is -0.189. The Hall–Kier alpha value is -1.92. The topological polar surface area (TPSA) is 61.9 Å². The highest BCUT2D eigenvalue weighted by Crippen LogP contribution is 2.47. The van der Waals surface area contributed by atoms with Gasteiger partial charge in [-0.1, -0.05) is 30.3 Å². The molecule has 1 heterocycles. The Kier molecular flexibility index (Phi) is 5.71. The number of carbonyl (C=O) groups excluding carboxylic acids is 2. The number of morpholine rings is 1. The van der Waals surface area contributed by atoms with Gasteiger partial charge < -0.3 is 15.0 Å². The summed E-state index contributed by atoms with van der Waals surface area (Å²) in [6.07, 6.45) is 1.29. The molecular weight excluding hydrogens is 318 g/mol. The quantitative estimate of drug-likeness (QED) is 0.745. The molecule has 2 aliphatic rings. The zero-order valence-electron chi connectivity index (χ0n) is 14.9. The van der Waals surface area contributed by atoms with E-state index in [-0.39, 0.29) is 11.8 Å². The number of rotatable bonds is 7. The molecule has 0 bridgehead atoms. The summed E-state index contributed by atoms with van der Waals surface area (Å²) < 4.78 is 5.32. The van der Waals surface area contributed by atoms with Crippen LogP contribution in [0.1, 0.15) is 18.4 Å². The number of carbonyl (C=O) groups is 2. The van der Waals surface area contributed by atoms with Crippen molar-refractivity contribution in [1.82, 2.24) is 15.1 Å². The average molecular weight is 345 g/mol. The van der Waals surface area contributed by atoms with Crippen molar-refractivity contribution in [3.8, 4) is 0 Å². The summed E-state index contributed by atoms with van der Waals surface area (Å²) in [5.41, 5.74) is 0.232. The Morgan fingerprint density at radius 3 is 2.52 bits per heavy atom. The fourth-order valence-electron chi connectivity index (χ4n) is 3.28. The molecular formula is C19H27N3O3. The van der Waals surface area contributed by atoms with Crippen LogP contribution in [0.25, 0.3) is 0 Å². The minimum Gasteiger partial charge on any atom is -0.379 e. The third kappa shape index (κ3) is 4.38.